The second-order valence-electron chi connectivity index (χ2n) is 8.82. The number of benzene rings is 2. The summed E-state index contributed by atoms with van der Waals surface area (Å²) in [7, 11) is 2.01. The number of nitrogens with zero attached hydrogens (tertiary/aromatic N) is 4. The van der Waals surface area contributed by atoms with E-state index >= 15 is 0 Å². The van der Waals surface area contributed by atoms with Crippen molar-refractivity contribution in [1.29, 1.82) is 0 Å². The highest BCUT2D eigenvalue weighted by Gasteiger charge is 2.34. The average Bonchev–Trinajstić information content (AvgIpc) is 3.29. The number of aromatic nitrogens is 3. The minimum Gasteiger partial charge on any atom is -0.388 e. The van der Waals surface area contributed by atoms with Crippen molar-refractivity contribution >= 4 is 27.6 Å². The summed E-state index contributed by atoms with van der Waals surface area (Å²) in [6.07, 6.45) is 3.10. The molecule has 6 nitrogen and oxygen atoms in total. The highest BCUT2D eigenvalue weighted by atomic mass is 16.3. The highest BCUT2D eigenvalue weighted by molar-refractivity contribution is 6.10. The first kappa shape index (κ1) is 20.0. The van der Waals surface area contributed by atoms with E-state index in [-0.39, 0.29) is 5.78 Å². The number of hydrogen-bond acceptors (Lipinski definition) is 4. The molecule has 0 saturated carbocycles. The van der Waals surface area contributed by atoms with Crippen LogP contribution in [-0.4, -0.2) is 55.4 Å². The zero-order chi connectivity index (χ0) is 21.6. The Balaban J connectivity index is 1.27. The van der Waals surface area contributed by atoms with Gasteiger partial charge < -0.3 is 9.67 Å². The van der Waals surface area contributed by atoms with E-state index in [1.165, 1.54) is 0 Å². The van der Waals surface area contributed by atoms with Gasteiger partial charge in [-0.15, -0.1) is 0 Å². The standard InChI is InChI=1S/C25H28N4O2/c1-18-24(20-8-4-6-10-22(20)27(18)2)23(30)16-28-13-11-25(31,12-14-28)17-29-21-9-5-3-7-19(21)15-26-29/h3-10,15,31H,11-14,16-17H2,1-2H3. The van der Waals surface area contributed by atoms with Gasteiger partial charge in [0.25, 0.3) is 0 Å². The summed E-state index contributed by atoms with van der Waals surface area (Å²) in [6.45, 7) is 4.27. The van der Waals surface area contributed by atoms with E-state index in [4.69, 9.17) is 0 Å². The third-order valence-electron chi connectivity index (χ3n) is 6.83. The molecule has 1 N–H and O–H groups in total. The van der Waals surface area contributed by atoms with Gasteiger partial charge >= 0.3 is 0 Å². The number of carbonyl (C=O) groups excluding carboxylic acids is 1. The summed E-state index contributed by atoms with van der Waals surface area (Å²) in [4.78, 5) is 15.4. The smallest absolute Gasteiger partial charge is 0.179 e. The van der Waals surface area contributed by atoms with Gasteiger partial charge in [0.1, 0.15) is 0 Å². The number of para-hydroxylation sites is 2. The second-order valence-corrected chi connectivity index (χ2v) is 8.82. The van der Waals surface area contributed by atoms with Crippen molar-refractivity contribution in [3.05, 3.63) is 66.0 Å². The van der Waals surface area contributed by atoms with E-state index in [0.29, 0.717) is 39.0 Å². The van der Waals surface area contributed by atoms with Crippen LogP contribution in [0.3, 0.4) is 0 Å². The first-order valence-corrected chi connectivity index (χ1v) is 10.9. The Kier molecular flexibility index (Phi) is 4.91. The van der Waals surface area contributed by atoms with Crippen molar-refractivity contribution in [1.82, 2.24) is 19.2 Å². The van der Waals surface area contributed by atoms with Crippen LogP contribution in [0.15, 0.2) is 54.7 Å². The molecule has 31 heavy (non-hydrogen) atoms. The van der Waals surface area contributed by atoms with E-state index in [1.807, 2.05) is 67.3 Å². The van der Waals surface area contributed by atoms with Crippen molar-refractivity contribution in [2.24, 2.45) is 7.05 Å². The Bertz CT molecular complexity index is 1260. The van der Waals surface area contributed by atoms with Gasteiger partial charge in [0, 0.05) is 47.7 Å². The van der Waals surface area contributed by atoms with E-state index in [0.717, 1.165) is 33.1 Å². The quantitative estimate of drug-likeness (QED) is 0.506. The van der Waals surface area contributed by atoms with Crippen molar-refractivity contribution in [3.8, 4) is 0 Å². The maximum atomic E-state index is 13.2. The van der Waals surface area contributed by atoms with Gasteiger partial charge in [0.2, 0.25) is 0 Å². The Labute approximate surface area is 181 Å². The van der Waals surface area contributed by atoms with Crippen LogP contribution in [0.1, 0.15) is 28.9 Å². The van der Waals surface area contributed by atoms with Gasteiger partial charge in [-0.3, -0.25) is 14.4 Å². The van der Waals surface area contributed by atoms with E-state index < -0.39 is 5.60 Å². The molecular weight excluding hydrogens is 388 g/mol. The number of carbonyl (C=O) groups is 1. The van der Waals surface area contributed by atoms with Crippen molar-refractivity contribution < 1.29 is 9.90 Å². The van der Waals surface area contributed by atoms with Gasteiger partial charge in [0.15, 0.2) is 5.78 Å². The van der Waals surface area contributed by atoms with E-state index in [1.54, 1.807) is 0 Å². The molecule has 6 heteroatoms. The summed E-state index contributed by atoms with van der Waals surface area (Å²) in [6, 6.07) is 16.1. The number of likely N-dealkylation sites (tertiary alicyclic amines) is 1. The molecule has 0 aliphatic carbocycles. The normalized spacial score (nSPS) is 16.9. The predicted octanol–water partition coefficient (Wildman–Crippen LogP) is 3.55. The predicted molar refractivity (Wildman–Crippen MR) is 122 cm³/mol. The minimum absolute atomic E-state index is 0.151. The molecule has 5 rings (SSSR count). The summed E-state index contributed by atoms with van der Waals surface area (Å²) in [5.41, 5.74) is 3.15. The molecule has 1 saturated heterocycles. The first-order valence-electron chi connectivity index (χ1n) is 10.9. The number of ketones is 1. The largest absolute Gasteiger partial charge is 0.388 e. The van der Waals surface area contributed by atoms with E-state index in [9.17, 15) is 9.90 Å². The maximum absolute atomic E-state index is 13.2. The molecule has 2 aromatic carbocycles. The SMILES string of the molecule is Cc1c(C(=O)CN2CCC(O)(Cn3ncc4ccccc43)CC2)c2ccccc2n1C. The maximum Gasteiger partial charge on any atom is 0.179 e. The number of aryl methyl sites for hydroxylation is 1. The molecular formula is C25H28N4O2. The van der Waals surface area contributed by atoms with Crippen LogP contribution < -0.4 is 0 Å². The monoisotopic (exact) mass is 416 g/mol. The zero-order valence-corrected chi connectivity index (χ0v) is 18.1. The van der Waals surface area contributed by atoms with Gasteiger partial charge in [0.05, 0.1) is 30.4 Å². The summed E-state index contributed by atoms with van der Waals surface area (Å²) >= 11 is 0. The number of hydrogen-bond donors (Lipinski definition) is 1. The minimum atomic E-state index is -0.802. The van der Waals surface area contributed by atoms with Crippen LogP contribution in [-0.2, 0) is 13.6 Å². The third kappa shape index (κ3) is 3.56. The Hall–Kier alpha value is -2.96. The molecule has 160 valence electrons. The van der Waals surface area contributed by atoms with Crippen LogP contribution in [0.2, 0.25) is 0 Å². The number of rotatable bonds is 5. The van der Waals surface area contributed by atoms with Gasteiger partial charge in [-0.05, 0) is 31.9 Å². The second kappa shape index (κ2) is 7.62. The molecule has 0 atom stereocenters. The van der Waals surface area contributed by atoms with Crippen LogP contribution in [0.25, 0.3) is 21.8 Å². The lowest BCUT2D eigenvalue weighted by molar-refractivity contribution is -0.0342. The van der Waals surface area contributed by atoms with Crippen molar-refractivity contribution in [3.63, 3.8) is 0 Å². The molecule has 0 amide bonds. The van der Waals surface area contributed by atoms with Gasteiger partial charge in [-0.2, -0.15) is 5.10 Å². The molecule has 2 aromatic heterocycles. The topological polar surface area (TPSA) is 63.3 Å². The third-order valence-corrected chi connectivity index (χ3v) is 6.83. The number of piperidine rings is 1. The lowest BCUT2D eigenvalue weighted by atomic mass is 9.91. The number of fused-ring (bicyclic) bond motifs is 2. The molecule has 1 aliphatic rings. The fraction of sp³-hybridized carbons (Fsp3) is 0.360. The van der Waals surface area contributed by atoms with Crippen molar-refractivity contribution in [2.75, 3.05) is 19.6 Å². The zero-order valence-electron chi connectivity index (χ0n) is 18.1. The molecule has 1 aliphatic heterocycles. The van der Waals surface area contributed by atoms with Crippen LogP contribution in [0.5, 0.6) is 0 Å². The average molecular weight is 417 g/mol. The molecule has 0 radical (unpaired) electrons. The summed E-state index contributed by atoms with van der Waals surface area (Å²) in [5.74, 6) is 0.151. The Morgan fingerprint density at radius 1 is 1.06 bits per heavy atom. The fourth-order valence-corrected chi connectivity index (χ4v) is 4.87. The Morgan fingerprint density at radius 2 is 1.74 bits per heavy atom. The molecule has 4 aromatic rings. The van der Waals surface area contributed by atoms with Crippen LogP contribution in [0.4, 0.5) is 0 Å². The first-order chi connectivity index (χ1) is 15.0. The summed E-state index contributed by atoms with van der Waals surface area (Å²) < 4.78 is 3.99. The van der Waals surface area contributed by atoms with Gasteiger partial charge in [-0.25, -0.2) is 0 Å². The molecule has 0 unspecified atom stereocenters. The molecule has 0 spiro atoms. The summed E-state index contributed by atoms with van der Waals surface area (Å²) in [5, 5.41) is 17.8. The highest BCUT2D eigenvalue weighted by Crippen LogP contribution is 2.28. The molecule has 0 bridgehead atoms. The van der Waals surface area contributed by atoms with Crippen molar-refractivity contribution in [2.45, 2.75) is 31.9 Å². The van der Waals surface area contributed by atoms with Gasteiger partial charge in [-0.1, -0.05) is 36.4 Å². The fourth-order valence-electron chi connectivity index (χ4n) is 4.87. The molecule has 1 fully saturated rings. The Morgan fingerprint density at radius 3 is 2.52 bits per heavy atom. The van der Waals surface area contributed by atoms with Crippen LogP contribution >= 0.6 is 0 Å². The molecule has 3 heterocycles. The number of Topliss-reactive ketones (excluding diaryl/α,β-unsaturated/α-hetero) is 1. The number of aliphatic hydroxyl groups is 1. The lowest BCUT2D eigenvalue weighted by Crippen LogP contribution is -2.48. The lowest BCUT2D eigenvalue weighted by Gasteiger charge is -2.38. The van der Waals surface area contributed by atoms with Crippen LogP contribution in [0, 0.1) is 6.92 Å². The van der Waals surface area contributed by atoms with E-state index in [2.05, 4.69) is 20.6 Å².